The van der Waals surface area contributed by atoms with Crippen molar-refractivity contribution in [3.8, 4) is 5.75 Å². The fraction of sp³-hybridized carbons (Fsp3) is 0.273. The number of hydroxylamine groups is 1. The number of rotatable bonds is 9. The second kappa shape index (κ2) is 12.3. The number of phenols is 1. The van der Waals surface area contributed by atoms with Gasteiger partial charge in [-0.25, -0.2) is 10.3 Å². The van der Waals surface area contributed by atoms with Crippen LogP contribution >= 0.6 is 22.6 Å². The van der Waals surface area contributed by atoms with E-state index in [1.807, 2.05) is 19.1 Å². The van der Waals surface area contributed by atoms with Crippen LogP contribution in [-0.4, -0.2) is 35.5 Å². The van der Waals surface area contributed by atoms with Crippen LogP contribution in [-0.2, 0) is 14.3 Å². The van der Waals surface area contributed by atoms with E-state index in [2.05, 4.69) is 27.9 Å². The van der Waals surface area contributed by atoms with Crippen molar-refractivity contribution in [2.24, 2.45) is 0 Å². The third-order valence-corrected chi connectivity index (χ3v) is 5.14. The number of phenolic OH excluding ortho intramolecular Hbond substituents is 1. The minimum atomic E-state index is -0.898. The number of hydrogen-bond acceptors (Lipinski definition) is 6. The number of aromatic hydroxyl groups is 1. The third kappa shape index (κ3) is 7.85. The van der Waals surface area contributed by atoms with Crippen LogP contribution in [0.2, 0.25) is 0 Å². The number of halogens is 1. The molecule has 0 aliphatic rings. The SMILES string of the molecule is CO[C@@H](CC/C=C/C(=O)NO)[C@@H](OC(=O)Nc1ccc(C)cc1)c1cc(I)ccc1O. The number of hydrogen-bond donors (Lipinski definition) is 4. The Labute approximate surface area is 194 Å². The summed E-state index contributed by atoms with van der Waals surface area (Å²) in [7, 11) is 1.48. The predicted octanol–water partition coefficient (Wildman–Crippen LogP) is 4.45. The van der Waals surface area contributed by atoms with Crippen LogP contribution in [0.1, 0.15) is 30.1 Å². The number of anilines is 1. The average molecular weight is 540 g/mol. The molecule has 0 bridgehead atoms. The van der Waals surface area contributed by atoms with Gasteiger partial charge in [0.15, 0.2) is 6.10 Å². The second-order valence-electron chi connectivity index (χ2n) is 6.75. The standard InChI is InChI=1S/C22H25IN2O6/c1-14-7-10-16(11-8-14)24-22(28)31-21(17-13-15(23)9-12-18(17)26)19(30-2)5-3-4-6-20(27)25-29/h4,6-13,19,21,26,29H,3,5H2,1-2H3,(H,24,28)(H,25,27)/b6-4+/t19-,21-/m0/s1. The highest BCUT2D eigenvalue weighted by Gasteiger charge is 2.29. The van der Waals surface area contributed by atoms with E-state index in [1.165, 1.54) is 24.7 Å². The topological polar surface area (TPSA) is 117 Å². The van der Waals surface area contributed by atoms with Crippen molar-refractivity contribution in [3.63, 3.8) is 0 Å². The van der Waals surface area contributed by atoms with Crippen LogP contribution < -0.4 is 10.8 Å². The molecule has 0 unspecified atom stereocenters. The molecule has 0 aliphatic heterocycles. The van der Waals surface area contributed by atoms with Gasteiger partial charge in [0.1, 0.15) is 5.75 Å². The van der Waals surface area contributed by atoms with E-state index in [1.54, 1.807) is 30.3 Å². The maximum Gasteiger partial charge on any atom is 0.412 e. The van der Waals surface area contributed by atoms with Gasteiger partial charge < -0.3 is 14.6 Å². The van der Waals surface area contributed by atoms with Gasteiger partial charge in [-0.2, -0.15) is 0 Å². The number of carbonyl (C=O) groups is 2. The molecule has 166 valence electrons. The second-order valence-corrected chi connectivity index (χ2v) is 8.00. The Morgan fingerprint density at radius 2 is 1.90 bits per heavy atom. The average Bonchev–Trinajstić information content (AvgIpc) is 2.75. The molecule has 8 nitrogen and oxygen atoms in total. The Bertz CT molecular complexity index is 917. The van der Waals surface area contributed by atoms with Crippen LogP contribution in [0, 0.1) is 10.5 Å². The van der Waals surface area contributed by atoms with Gasteiger partial charge in [-0.15, -0.1) is 0 Å². The van der Waals surface area contributed by atoms with E-state index in [9.17, 15) is 14.7 Å². The first-order chi connectivity index (χ1) is 14.8. The van der Waals surface area contributed by atoms with Gasteiger partial charge in [0.05, 0.1) is 6.10 Å². The van der Waals surface area contributed by atoms with Crippen molar-refractivity contribution in [2.75, 3.05) is 12.4 Å². The van der Waals surface area contributed by atoms with E-state index in [0.29, 0.717) is 24.1 Å². The summed E-state index contributed by atoms with van der Waals surface area (Å²) < 4.78 is 12.1. The molecular weight excluding hydrogens is 515 g/mol. The number of allylic oxidation sites excluding steroid dienone is 1. The molecule has 31 heavy (non-hydrogen) atoms. The molecule has 0 saturated carbocycles. The Balaban J connectivity index is 2.21. The number of benzene rings is 2. The van der Waals surface area contributed by atoms with Crippen LogP contribution in [0.15, 0.2) is 54.6 Å². The van der Waals surface area contributed by atoms with Crippen LogP contribution in [0.5, 0.6) is 5.75 Å². The molecule has 0 spiro atoms. The first-order valence-corrected chi connectivity index (χ1v) is 10.6. The molecule has 0 heterocycles. The molecule has 0 saturated heterocycles. The van der Waals surface area contributed by atoms with Crippen LogP contribution in [0.3, 0.4) is 0 Å². The Morgan fingerprint density at radius 3 is 2.55 bits per heavy atom. The quantitative estimate of drug-likeness (QED) is 0.162. The van der Waals surface area contributed by atoms with Crippen molar-refractivity contribution in [3.05, 3.63) is 69.3 Å². The number of methoxy groups -OCH3 is 1. The molecule has 0 aliphatic carbocycles. The Hall–Kier alpha value is -2.63. The van der Waals surface area contributed by atoms with E-state index in [0.717, 1.165) is 9.13 Å². The minimum absolute atomic E-state index is 0.0224. The van der Waals surface area contributed by atoms with E-state index < -0.39 is 24.2 Å². The maximum atomic E-state index is 12.6. The molecule has 0 aromatic heterocycles. The lowest BCUT2D eigenvalue weighted by atomic mass is 9.99. The normalized spacial score (nSPS) is 12.9. The molecule has 2 atom stereocenters. The van der Waals surface area contributed by atoms with Gasteiger partial charge in [-0.3, -0.25) is 15.3 Å². The summed E-state index contributed by atoms with van der Waals surface area (Å²) in [5.41, 5.74) is 3.56. The summed E-state index contributed by atoms with van der Waals surface area (Å²) in [5, 5.41) is 21.6. The minimum Gasteiger partial charge on any atom is -0.508 e. The first-order valence-electron chi connectivity index (χ1n) is 9.50. The molecule has 9 heteroatoms. The summed E-state index contributed by atoms with van der Waals surface area (Å²) in [6.07, 6.45) is 1.37. The lowest BCUT2D eigenvalue weighted by Gasteiger charge is -2.27. The Kier molecular flexibility index (Phi) is 9.76. The fourth-order valence-corrected chi connectivity index (χ4v) is 3.39. The summed E-state index contributed by atoms with van der Waals surface area (Å²) in [5.74, 6) is -0.666. The van der Waals surface area contributed by atoms with Crippen LogP contribution in [0.4, 0.5) is 10.5 Å². The highest BCUT2D eigenvalue weighted by Crippen LogP contribution is 2.34. The van der Waals surface area contributed by atoms with E-state index >= 15 is 0 Å². The van der Waals surface area contributed by atoms with Crippen molar-refractivity contribution in [1.29, 1.82) is 0 Å². The number of aryl methyl sites for hydroxylation is 1. The molecule has 4 N–H and O–H groups in total. The van der Waals surface area contributed by atoms with Crippen LogP contribution in [0.25, 0.3) is 0 Å². The summed E-state index contributed by atoms with van der Waals surface area (Å²) >= 11 is 2.11. The van der Waals surface area contributed by atoms with Crippen molar-refractivity contribution >= 4 is 40.3 Å². The summed E-state index contributed by atoms with van der Waals surface area (Å²) in [6, 6.07) is 12.3. The highest BCUT2D eigenvalue weighted by molar-refractivity contribution is 14.1. The molecular formula is C22H25IN2O6. The zero-order chi connectivity index (χ0) is 22.8. The van der Waals surface area contributed by atoms with Gasteiger partial charge in [0.2, 0.25) is 0 Å². The highest BCUT2D eigenvalue weighted by atomic mass is 127. The Morgan fingerprint density at radius 1 is 1.19 bits per heavy atom. The maximum absolute atomic E-state index is 12.6. The zero-order valence-electron chi connectivity index (χ0n) is 17.2. The van der Waals surface area contributed by atoms with Gasteiger partial charge in [-0.1, -0.05) is 23.8 Å². The lowest BCUT2D eigenvalue weighted by Crippen LogP contribution is -2.28. The van der Waals surface area contributed by atoms with Crippen molar-refractivity contribution < 1.29 is 29.4 Å². The monoisotopic (exact) mass is 540 g/mol. The van der Waals surface area contributed by atoms with E-state index in [-0.39, 0.29) is 5.75 Å². The largest absolute Gasteiger partial charge is 0.508 e. The zero-order valence-corrected chi connectivity index (χ0v) is 19.3. The number of carbonyl (C=O) groups excluding carboxylic acids is 2. The van der Waals surface area contributed by atoms with Gasteiger partial charge in [-0.05, 0) is 72.7 Å². The molecule has 0 radical (unpaired) electrons. The van der Waals surface area contributed by atoms with Crippen molar-refractivity contribution in [2.45, 2.75) is 32.0 Å². The molecule has 2 rings (SSSR count). The van der Waals surface area contributed by atoms with E-state index in [4.69, 9.17) is 14.7 Å². The lowest BCUT2D eigenvalue weighted by molar-refractivity contribution is -0.124. The molecule has 2 amide bonds. The summed E-state index contributed by atoms with van der Waals surface area (Å²) in [6.45, 7) is 1.94. The third-order valence-electron chi connectivity index (χ3n) is 4.47. The molecule has 0 fully saturated rings. The number of amides is 2. The smallest absolute Gasteiger partial charge is 0.412 e. The number of ether oxygens (including phenoxy) is 2. The summed E-state index contributed by atoms with van der Waals surface area (Å²) in [4.78, 5) is 23.7. The number of nitrogens with one attached hydrogen (secondary N) is 2. The first kappa shape index (κ1) is 24.6. The fourth-order valence-electron chi connectivity index (χ4n) is 2.87. The van der Waals surface area contributed by atoms with Crippen molar-refractivity contribution in [1.82, 2.24) is 5.48 Å². The molecule has 2 aromatic carbocycles. The van der Waals surface area contributed by atoms with Gasteiger partial charge >= 0.3 is 6.09 Å². The van der Waals surface area contributed by atoms with Gasteiger partial charge in [0.25, 0.3) is 5.91 Å². The molecule has 2 aromatic rings. The van der Waals surface area contributed by atoms with Gasteiger partial charge in [0, 0.05) is 28.0 Å². The predicted molar refractivity (Wildman–Crippen MR) is 124 cm³/mol.